The number of hydrogen-bond donors (Lipinski definition) is 4. The van der Waals surface area contributed by atoms with Crippen molar-refractivity contribution in [3.63, 3.8) is 0 Å². The molecule has 0 atom stereocenters. The van der Waals surface area contributed by atoms with Crippen LogP contribution in [-0.2, 0) is 10.0 Å². The first-order valence-electron chi connectivity index (χ1n) is 21.9. The molecule has 4 saturated carbocycles. The molecule has 2 aromatic carbocycles. The molecule has 10 rings (SSSR count). The minimum absolute atomic E-state index is 0.00580. The van der Waals surface area contributed by atoms with Crippen molar-refractivity contribution in [1.29, 1.82) is 0 Å². The summed E-state index contributed by atoms with van der Waals surface area (Å²) in [4.78, 5) is 37.4. The molecular formula is C46H58N8O6S. The van der Waals surface area contributed by atoms with Crippen LogP contribution in [0.2, 0.25) is 0 Å². The summed E-state index contributed by atoms with van der Waals surface area (Å²) < 4.78 is 35.9. The zero-order valence-corrected chi connectivity index (χ0v) is 36.3. The average molecular weight is 851 g/mol. The van der Waals surface area contributed by atoms with E-state index in [2.05, 4.69) is 56.0 Å². The summed E-state index contributed by atoms with van der Waals surface area (Å²) >= 11 is 0. The lowest BCUT2D eigenvalue weighted by Crippen LogP contribution is -2.74. The van der Waals surface area contributed by atoms with Gasteiger partial charge in [-0.15, -0.1) is 0 Å². The number of nitrogens with one attached hydrogen (secondary N) is 4. The van der Waals surface area contributed by atoms with E-state index in [-0.39, 0.29) is 27.6 Å². The predicted octanol–water partition coefficient (Wildman–Crippen LogP) is 8.15. The second-order valence-electron chi connectivity index (χ2n) is 19.2. The van der Waals surface area contributed by atoms with Crippen LogP contribution in [-0.4, -0.2) is 86.0 Å². The monoisotopic (exact) mass is 850 g/mol. The van der Waals surface area contributed by atoms with Gasteiger partial charge in [-0.25, -0.2) is 18.1 Å². The highest BCUT2D eigenvalue weighted by atomic mass is 32.2. The summed E-state index contributed by atoms with van der Waals surface area (Å²) in [6, 6.07) is 12.5. The number of pyridine rings is 1. The largest absolute Gasteiger partial charge is 0.455 e. The third kappa shape index (κ3) is 8.36. The summed E-state index contributed by atoms with van der Waals surface area (Å²) in [7, 11) is -2.41. The van der Waals surface area contributed by atoms with Crippen LogP contribution in [0.1, 0.15) is 94.8 Å². The highest BCUT2D eigenvalue weighted by molar-refractivity contribution is 7.90. The van der Waals surface area contributed by atoms with Gasteiger partial charge in [0.25, 0.3) is 21.6 Å². The van der Waals surface area contributed by atoms with Crippen LogP contribution in [0.4, 0.5) is 17.1 Å². The number of aromatic amines is 1. The second-order valence-corrected chi connectivity index (χ2v) is 20.8. The number of hydrogen-bond acceptors (Lipinski definition) is 11. The summed E-state index contributed by atoms with van der Waals surface area (Å²) in [5, 5.41) is 19.7. The minimum atomic E-state index is -4.52. The van der Waals surface area contributed by atoms with Crippen LogP contribution in [0.5, 0.6) is 11.5 Å². The second kappa shape index (κ2) is 16.0. The first-order chi connectivity index (χ1) is 29.2. The molecule has 4 N–H and O–H groups in total. The van der Waals surface area contributed by atoms with E-state index in [1.165, 1.54) is 57.1 Å². The molecule has 14 nitrogen and oxygen atoms in total. The number of carbonyl (C=O) groups excluding carboxylic acids is 1. The van der Waals surface area contributed by atoms with E-state index >= 15 is 0 Å². The van der Waals surface area contributed by atoms with Crippen LogP contribution in [0.25, 0.3) is 11.0 Å². The Bertz CT molecular complexity index is 2460. The standard InChI is InChI=1S/C46H58N8O6S/c1-44(2)15-13-33(38(24-44)45-28-46(29-45,30-45)47-3)27-52-17-19-53(20-18-52)34-9-11-37(41(22-34)60-35-21-32-14-16-48-42(32)50-26-35)43(55)51-61(58,59)36-10-12-39(40(23-36)54(56)57)49-25-31-7-5-4-6-8-31/h9-12,14,16,21-23,26,31,47,49H,4-8,13,15,17-20,24-25,27-30H2,1-3H3,(H,48,50)(H,51,55). The minimum Gasteiger partial charge on any atom is -0.455 e. The normalized spacial score (nSPS) is 24.2. The number of amides is 1. The molecule has 2 aromatic heterocycles. The number of benzene rings is 2. The van der Waals surface area contributed by atoms with Gasteiger partial charge in [-0.1, -0.05) is 44.3 Å². The Morgan fingerprint density at radius 1 is 1.02 bits per heavy atom. The van der Waals surface area contributed by atoms with Crippen molar-refractivity contribution in [2.75, 3.05) is 56.5 Å². The molecule has 1 saturated heterocycles. The molecule has 3 heterocycles. The van der Waals surface area contributed by atoms with Gasteiger partial charge < -0.3 is 25.3 Å². The molecule has 0 radical (unpaired) electrons. The SMILES string of the molecule is CNC12CC(C3=C(CN4CCN(c5ccc(C(=O)NS(=O)(=O)c6ccc(NCC7CCCCC7)c([N+](=O)[O-])c6)c(Oc6cnc7[nH]ccc7c6)c5)CC4)CCC(C)(C)C3)(C1)C2. The van der Waals surface area contributed by atoms with E-state index in [9.17, 15) is 23.3 Å². The summed E-state index contributed by atoms with van der Waals surface area (Å²) in [6.45, 7) is 9.76. The van der Waals surface area contributed by atoms with Crippen LogP contribution in [0.15, 0.2) is 77.0 Å². The highest BCUT2D eigenvalue weighted by Gasteiger charge is 2.69. The molecule has 61 heavy (non-hydrogen) atoms. The Hall–Kier alpha value is -4.99. The van der Waals surface area contributed by atoms with Crippen molar-refractivity contribution < 1.29 is 22.9 Å². The van der Waals surface area contributed by atoms with Crippen LogP contribution >= 0.6 is 0 Å². The van der Waals surface area contributed by atoms with Gasteiger partial charge in [0.05, 0.1) is 21.6 Å². The fourth-order valence-corrected chi connectivity index (χ4v) is 11.8. The van der Waals surface area contributed by atoms with Crippen molar-refractivity contribution in [2.45, 2.75) is 94.9 Å². The Kier molecular flexibility index (Phi) is 10.9. The number of H-pyrrole nitrogens is 1. The molecule has 15 heteroatoms. The van der Waals surface area contributed by atoms with E-state index in [0.717, 1.165) is 75.5 Å². The fourth-order valence-electron chi connectivity index (χ4n) is 10.8. The Morgan fingerprint density at radius 3 is 2.52 bits per heavy atom. The molecule has 1 amide bonds. The number of piperazine rings is 1. The highest BCUT2D eigenvalue weighted by Crippen LogP contribution is 2.72. The molecule has 324 valence electrons. The number of anilines is 2. The lowest BCUT2D eigenvalue weighted by Gasteiger charge is -2.73. The third-order valence-corrected chi connectivity index (χ3v) is 15.7. The van der Waals surface area contributed by atoms with Gasteiger partial charge in [-0.3, -0.25) is 19.8 Å². The van der Waals surface area contributed by atoms with Crippen LogP contribution < -0.4 is 25.0 Å². The topological polar surface area (TPSA) is 175 Å². The molecule has 5 aliphatic carbocycles. The van der Waals surface area contributed by atoms with E-state index in [0.29, 0.717) is 40.2 Å². The molecule has 5 fully saturated rings. The molecule has 6 aliphatic rings. The van der Waals surface area contributed by atoms with Gasteiger partial charge in [-0.05, 0) is 112 Å². The van der Waals surface area contributed by atoms with Gasteiger partial charge in [0, 0.05) is 74.2 Å². The van der Waals surface area contributed by atoms with Crippen molar-refractivity contribution in [3.05, 3.63) is 87.7 Å². The zero-order valence-electron chi connectivity index (χ0n) is 35.5. The van der Waals surface area contributed by atoms with Gasteiger partial charge in [-0.2, -0.15) is 0 Å². The van der Waals surface area contributed by atoms with E-state index in [1.807, 2.05) is 12.1 Å². The van der Waals surface area contributed by atoms with Crippen molar-refractivity contribution in [3.8, 4) is 11.5 Å². The zero-order chi connectivity index (χ0) is 42.6. The van der Waals surface area contributed by atoms with Gasteiger partial charge in [0.1, 0.15) is 22.8 Å². The number of nitrogens with zero attached hydrogens (tertiary/aromatic N) is 4. The van der Waals surface area contributed by atoms with E-state index in [4.69, 9.17) is 4.74 Å². The Labute approximate surface area is 358 Å². The van der Waals surface area contributed by atoms with Crippen molar-refractivity contribution in [2.24, 2.45) is 16.7 Å². The van der Waals surface area contributed by atoms with Gasteiger partial charge >= 0.3 is 0 Å². The molecule has 2 bridgehead atoms. The number of nitro benzene ring substituents is 1. The first kappa shape index (κ1) is 41.4. The molecule has 0 spiro atoms. The molecule has 0 unspecified atom stereocenters. The number of ether oxygens (including phenoxy) is 1. The summed E-state index contributed by atoms with van der Waals surface area (Å²) in [5.74, 6) is 0.0220. The molecule has 4 aromatic rings. The Balaban J connectivity index is 0.919. The maximum Gasteiger partial charge on any atom is 0.293 e. The maximum absolute atomic E-state index is 13.9. The number of sulfonamides is 1. The van der Waals surface area contributed by atoms with Crippen LogP contribution in [0, 0.1) is 26.9 Å². The van der Waals surface area contributed by atoms with Gasteiger partial charge in [0.15, 0.2) is 0 Å². The van der Waals surface area contributed by atoms with E-state index < -0.39 is 20.9 Å². The number of fused-ring (bicyclic) bond motifs is 1. The number of rotatable bonds is 14. The average Bonchev–Trinajstić information content (AvgIpc) is 3.69. The first-order valence-corrected chi connectivity index (χ1v) is 23.4. The van der Waals surface area contributed by atoms with Gasteiger partial charge in [0.2, 0.25) is 0 Å². The smallest absolute Gasteiger partial charge is 0.293 e. The lowest BCUT2D eigenvalue weighted by molar-refractivity contribution is -0.384. The van der Waals surface area contributed by atoms with Crippen LogP contribution in [0.3, 0.4) is 0 Å². The Morgan fingerprint density at radius 2 is 1.79 bits per heavy atom. The number of carbonyl (C=O) groups is 1. The fraction of sp³-hybridized carbons (Fsp3) is 0.522. The summed E-state index contributed by atoms with van der Waals surface area (Å²) in [6.07, 6.45) is 16.3. The molecular weight excluding hydrogens is 793 g/mol. The lowest BCUT2D eigenvalue weighted by atomic mass is 9.35. The number of aromatic nitrogens is 2. The summed E-state index contributed by atoms with van der Waals surface area (Å²) in [5.41, 5.74) is 5.90. The molecule has 1 aliphatic heterocycles. The quantitative estimate of drug-likeness (QED) is 0.0548. The van der Waals surface area contributed by atoms with E-state index in [1.54, 1.807) is 41.7 Å². The number of allylic oxidation sites excluding steroid dienone is 1. The maximum atomic E-state index is 13.9. The van der Waals surface area contributed by atoms with Crippen molar-refractivity contribution >= 4 is 44.0 Å². The van der Waals surface area contributed by atoms with Crippen molar-refractivity contribution in [1.82, 2.24) is 24.9 Å². The third-order valence-electron chi connectivity index (χ3n) is 14.4. The number of nitro groups is 1. The predicted molar refractivity (Wildman–Crippen MR) is 237 cm³/mol.